The Kier molecular flexibility index (Phi) is 3.94. The molecule has 0 saturated heterocycles. The molecule has 0 amide bonds. The molecular formula is C15H14ClN3. The third-order valence-electron chi connectivity index (χ3n) is 2.79. The van der Waals surface area contributed by atoms with Gasteiger partial charge in [-0.2, -0.15) is 5.26 Å². The van der Waals surface area contributed by atoms with Crippen molar-refractivity contribution < 1.29 is 0 Å². The van der Waals surface area contributed by atoms with Gasteiger partial charge in [0.15, 0.2) is 0 Å². The van der Waals surface area contributed by atoms with E-state index in [2.05, 4.69) is 11.4 Å². The lowest BCUT2D eigenvalue weighted by atomic mass is 10.2. The van der Waals surface area contributed by atoms with Crippen LogP contribution >= 0.6 is 11.6 Å². The highest BCUT2D eigenvalue weighted by Gasteiger charge is 2.06. The van der Waals surface area contributed by atoms with Crippen LogP contribution in [0, 0.1) is 11.3 Å². The number of nitrogens with zero attached hydrogens (tertiary/aromatic N) is 2. The zero-order chi connectivity index (χ0) is 13.8. The van der Waals surface area contributed by atoms with Crippen molar-refractivity contribution in [1.29, 1.82) is 5.26 Å². The number of halogens is 1. The van der Waals surface area contributed by atoms with Crippen LogP contribution in [-0.2, 0) is 0 Å². The lowest BCUT2D eigenvalue weighted by Gasteiger charge is -2.14. The Bertz CT molecular complexity index is 612. The second kappa shape index (κ2) is 5.64. The van der Waals surface area contributed by atoms with Crippen LogP contribution < -0.4 is 10.2 Å². The largest absolute Gasteiger partial charge is 0.378 e. The molecule has 4 heteroatoms. The van der Waals surface area contributed by atoms with E-state index >= 15 is 0 Å². The van der Waals surface area contributed by atoms with Gasteiger partial charge in [-0.1, -0.05) is 17.7 Å². The van der Waals surface area contributed by atoms with Crippen molar-refractivity contribution in [2.45, 2.75) is 0 Å². The quantitative estimate of drug-likeness (QED) is 0.916. The van der Waals surface area contributed by atoms with Gasteiger partial charge in [0.05, 0.1) is 16.3 Å². The summed E-state index contributed by atoms with van der Waals surface area (Å²) in [6.45, 7) is 0. The van der Waals surface area contributed by atoms with Crippen molar-refractivity contribution >= 4 is 28.7 Å². The summed E-state index contributed by atoms with van der Waals surface area (Å²) in [6, 6.07) is 15.4. The molecule has 0 unspecified atom stereocenters. The number of hydrogen-bond donors (Lipinski definition) is 1. The molecule has 0 radical (unpaired) electrons. The van der Waals surface area contributed by atoms with Crippen molar-refractivity contribution in [2.24, 2.45) is 0 Å². The Morgan fingerprint density at radius 2 is 1.79 bits per heavy atom. The summed E-state index contributed by atoms with van der Waals surface area (Å²) in [5.41, 5.74) is 3.22. The minimum absolute atomic E-state index is 0.456. The molecular weight excluding hydrogens is 258 g/mol. The number of nitrogens with one attached hydrogen (secondary N) is 1. The first-order valence-corrected chi connectivity index (χ1v) is 6.22. The minimum atomic E-state index is 0.456. The van der Waals surface area contributed by atoms with Gasteiger partial charge in [0.2, 0.25) is 0 Å². The molecule has 96 valence electrons. The summed E-state index contributed by atoms with van der Waals surface area (Å²) in [7, 11) is 3.99. The van der Waals surface area contributed by atoms with Gasteiger partial charge < -0.3 is 10.2 Å². The molecule has 0 aliphatic carbocycles. The summed E-state index contributed by atoms with van der Waals surface area (Å²) in [4.78, 5) is 2.03. The summed E-state index contributed by atoms with van der Waals surface area (Å²) in [5, 5.41) is 12.8. The molecule has 2 rings (SSSR count). The van der Waals surface area contributed by atoms with E-state index in [-0.39, 0.29) is 0 Å². The molecule has 0 saturated carbocycles. The van der Waals surface area contributed by atoms with Crippen LogP contribution in [-0.4, -0.2) is 14.1 Å². The van der Waals surface area contributed by atoms with E-state index in [1.807, 2.05) is 55.4 Å². The van der Waals surface area contributed by atoms with E-state index in [9.17, 15) is 0 Å². The maximum absolute atomic E-state index is 9.11. The maximum Gasteiger partial charge on any atom is 0.103 e. The molecule has 0 aliphatic heterocycles. The van der Waals surface area contributed by atoms with Crippen LogP contribution in [0.3, 0.4) is 0 Å². The molecule has 0 aromatic heterocycles. The van der Waals surface area contributed by atoms with Gasteiger partial charge in [-0.3, -0.25) is 0 Å². The Hall–Kier alpha value is -2.18. The topological polar surface area (TPSA) is 39.1 Å². The van der Waals surface area contributed by atoms with E-state index in [0.29, 0.717) is 16.3 Å². The number of benzene rings is 2. The van der Waals surface area contributed by atoms with Gasteiger partial charge >= 0.3 is 0 Å². The third-order valence-corrected chi connectivity index (χ3v) is 3.10. The monoisotopic (exact) mass is 271 g/mol. The molecule has 19 heavy (non-hydrogen) atoms. The Morgan fingerprint density at radius 1 is 1.11 bits per heavy atom. The fraction of sp³-hybridized carbons (Fsp3) is 0.133. The fourth-order valence-corrected chi connectivity index (χ4v) is 1.96. The molecule has 1 N–H and O–H groups in total. The maximum atomic E-state index is 9.11. The average molecular weight is 272 g/mol. The highest BCUT2D eigenvalue weighted by Crippen LogP contribution is 2.27. The number of nitriles is 1. The smallest absolute Gasteiger partial charge is 0.103 e. The van der Waals surface area contributed by atoms with Crippen molar-refractivity contribution in [2.75, 3.05) is 24.3 Å². The SMILES string of the molecule is CN(C)c1ccc(Nc2cccc(Cl)c2C#N)cc1. The van der Waals surface area contributed by atoms with Crippen LogP contribution in [0.5, 0.6) is 0 Å². The summed E-state index contributed by atoms with van der Waals surface area (Å²) < 4.78 is 0. The Morgan fingerprint density at radius 3 is 2.37 bits per heavy atom. The summed E-state index contributed by atoms with van der Waals surface area (Å²) >= 11 is 5.99. The first kappa shape index (κ1) is 13.3. The molecule has 3 nitrogen and oxygen atoms in total. The van der Waals surface area contributed by atoms with Gasteiger partial charge in [0.25, 0.3) is 0 Å². The van der Waals surface area contributed by atoms with Gasteiger partial charge in [-0.15, -0.1) is 0 Å². The molecule has 0 fully saturated rings. The first-order valence-electron chi connectivity index (χ1n) is 5.85. The average Bonchev–Trinajstić information content (AvgIpc) is 2.39. The zero-order valence-corrected chi connectivity index (χ0v) is 11.6. The van der Waals surface area contributed by atoms with Crippen molar-refractivity contribution in [3.8, 4) is 6.07 Å². The van der Waals surface area contributed by atoms with E-state index in [1.165, 1.54) is 0 Å². The standard InChI is InChI=1S/C15H14ClN3/c1-19(2)12-8-6-11(7-9-12)18-15-5-3-4-14(16)13(15)10-17/h3-9,18H,1-2H3. The number of rotatable bonds is 3. The van der Waals surface area contributed by atoms with Crippen LogP contribution in [0.25, 0.3) is 0 Å². The summed E-state index contributed by atoms with van der Waals surface area (Å²) in [6.07, 6.45) is 0. The molecule has 2 aromatic carbocycles. The molecule has 0 spiro atoms. The van der Waals surface area contributed by atoms with Crippen molar-refractivity contribution in [3.05, 3.63) is 53.1 Å². The normalized spacial score (nSPS) is 9.79. The fourth-order valence-electron chi connectivity index (χ4n) is 1.74. The summed E-state index contributed by atoms with van der Waals surface area (Å²) in [5.74, 6) is 0. The van der Waals surface area contributed by atoms with Crippen molar-refractivity contribution in [3.63, 3.8) is 0 Å². The van der Waals surface area contributed by atoms with E-state index < -0.39 is 0 Å². The lowest BCUT2D eigenvalue weighted by Crippen LogP contribution is -2.08. The van der Waals surface area contributed by atoms with Crippen LogP contribution in [0.1, 0.15) is 5.56 Å². The van der Waals surface area contributed by atoms with E-state index in [1.54, 1.807) is 6.07 Å². The Labute approximate surface area is 118 Å². The predicted octanol–water partition coefficient (Wildman–Crippen LogP) is 4.02. The highest BCUT2D eigenvalue weighted by atomic mass is 35.5. The Balaban J connectivity index is 2.27. The predicted molar refractivity (Wildman–Crippen MR) is 80.2 cm³/mol. The van der Waals surface area contributed by atoms with Crippen LogP contribution in [0.2, 0.25) is 5.02 Å². The number of hydrogen-bond acceptors (Lipinski definition) is 3. The molecule has 0 aliphatic rings. The van der Waals surface area contributed by atoms with Gasteiger partial charge in [-0.25, -0.2) is 0 Å². The van der Waals surface area contributed by atoms with Crippen molar-refractivity contribution in [1.82, 2.24) is 0 Å². The van der Waals surface area contributed by atoms with E-state index in [0.717, 1.165) is 11.4 Å². The van der Waals surface area contributed by atoms with E-state index in [4.69, 9.17) is 16.9 Å². The van der Waals surface area contributed by atoms with Gasteiger partial charge in [-0.05, 0) is 36.4 Å². The third kappa shape index (κ3) is 2.98. The number of anilines is 3. The van der Waals surface area contributed by atoms with Gasteiger partial charge in [0.1, 0.15) is 6.07 Å². The van der Waals surface area contributed by atoms with Crippen LogP contribution in [0.4, 0.5) is 17.1 Å². The highest BCUT2D eigenvalue weighted by molar-refractivity contribution is 6.32. The van der Waals surface area contributed by atoms with Crippen LogP contribution in [0.15, 0.2) is 42.5 Å². The lowest BCUT2D eigenvalue weighted by molar-refractivity contribution is 1.13. The molecule has 0 bridgehead atoms. The molecule has 0 atom stereocenters. The molecule has 2 aromatic rings. The molecule has 0 heterocycles. The second-order valence-electron chi connectivity index (χ2n) is 4.34. The first-order chi connectivity index (χ1) is 9.11. The second-order valence-corrected chi connectivity index (χ2v) is 4.75. The van der Waals surface area contributed by atoms with Gasteiger partial charge in [0, 0.05) is 25.5 Å². The minimum Gasteiger partial charge on any atom is -0.378 e. The zero-order valence-electron chi connectivity index (χ0n) is 10.8.